The second-order valence-corrected chi connectivity index (χ2v) is 6.42. The van der Waals surface area contributed by atoms with E-state index in [1.54, 1.807) is 11.3 Å². The zero-order valence-corrected chi connectivity index (χ0v) is 13.1. The van der Waals surface area contributed by atoms with Gasteiger partial charge in [-0.3, -0.25) is 0 Å². The smallest absolute Gasteiger partial charge is 0.171 e. The molecule has 0 radical (unpaired) electrons. The molecule has 1 aromatic heterocycles. The van der Waals surface area contributed by atoms with E-state index in [2.05, 4.69) is 29.4 Å². The Kier molecular flexibility index (Phi) is 4.36. The van der Waals surface area contributed by atoms with Gasteiger partial charge in [0.25, 0.3) is 0 Å². The topological polar surface area (TPSA) is 56.3 Å². The van der Waals surface area contributed by atoms with Gasteiger partial charge in [-0.05, 0) is 24.6 Å². The van der Waals surface area contributed by atoms with Gasteiger partial charge in [-0.25, -0.2) is 0 Å². The summed E-state index contributed by atoms with van der Waals surface area (Å²) in [6.07, 6.45) is 0. The third-order valence-corrected chi connectivity index (χ3v) is 4.05. The van der Waals surface area contributed by atoms with Crippen LogP contribution in [-0.2, 0) is 6.54 Å². The van der Waals surface area contributed by atoms with Crippen LogP contribution in [0.4, 0.5) is 0 Å². The van der Waals surface area contributed by atoms with E-state index >= 15 is 0 Å². The van der Waals surface area contributed by atoms with Crippen LogP contribution in [0.3, 0.4) is 0 Å². The average Bonchev–Trinajstić information content (AvgIpc) is 2.95. The molecule has 112 valence electrons. The lowest BCUT2D eigenvalue weighted by molar-refractivity contribution is 0.172. The van der Waals surface area contributed by atoms with Gasteiger partial charge in [0.15, 0.2) is 16.5 Å². The lowest BCUT2D eigenvalue weighted by atomic mass is 10.2. The zero-order valence-electron chi connectivity index (χ0n) is 12.3. The van der Waals surface area contributed by atoms with Crippen LogP contribution in [0.25, 0.3) is 10.6 Å². The molecule has 0 spiro atoms. The van der Waals surface area contributed by atoms with Crippen molar-refractivity contribution in [2.75, 3.05) is 19.8 Å². The van der Waals surface area contributed by atoms with Crippen molar-refractivity contribution in [3.05, 3.63) is 23.2 Å². The highest BCUT2D eigenvalue weighted by Crippen LogP contribution is 2.40. The third-order valence-electron chi connectivity index (χ3n) is 3.09. The third kappa shape index (κ3) is 3.33. The van der Waals surface area contributed by atoms with Crippen LogP contribution < -0.4 is 14.8 Å². The largest absolute Gasteiger partial charge is 0.486 e. The summed E-state index contributed by atoms with van der Waals surface area (Å²) in [5, 5.41) is 13.8. The van der Waals surface area contributed by atoms with Crippen molar-refractivity contribution in [3.8, 4) is 22.1 Å². The number of hydrogen-bond donors (Lipinski definition) is 1. The number of nitrogens with one attached hydrogen (secondary N) is 1. The number of rotatable bonds is 5. The summed E-state index contributed by atoms with van der Waals surface area (Å²) in [7, 11) is 0. The molecule has 0 unspecified atom stereocenters. The van der Waals surface area contributed by atoms with Crippen molar-refractivity contribution in [3.63, 3.8) is 0 Å². The maximum Gasteiger partial charge on any atom is 0.171 e. The fourth-order valence-electron chi connectivity index (χ4n) is 2.14. The number of fused-ring (bicyclic) bond motifs is 1. The van der Waals surface area contributed by atoms with E-state index in [-0.39, 0.29) is 0 Å². The summed E-state index contributed by atoms with van der Waals surface area (Å²) in [5.41, 5.74) is 0.958. The van der Waals surface area contributed by atoms with Gasteiger partial charge in [-0.15, -0.1) is 10.2 Å². The van der Waals surface area contributed by atoms with Gasteiger partial charge in [0, 0.05) is 6.54 Å². The van der Waals surface area contributed by atoms with Gasteiger partial charge < -0.3 is 14.8 Å². The second kappa shape index (κ2) is 6.41. The maximum absolute atomic E-state index is 5.73. The van der Waals surface area contributed by atoms with E-state index in [1.807, 2.05) is 18.2 Å². The molecule has 1 N–H and O–H groups in total. The predicted octanol–water partition coefficient (Wildman–Crippen LogP) is 2.72. The molecular weight excluding hydrogens is 286 g/mol. The fraction of sp³-hybridized carbons (Fsp3) is 0.467. The van der Waals surface area contributed by atoms with Gasteiger partial charge in [0.1, 0.15) is 18.2 Å². The molecule has 0 saturated carbocycles. The highest BCUT2D eigenvalue weighted by molar-refractivity contribution is 7.14. The Morgan fingerprint density at radius 2 is 2.10 bits per heavy atom. The average molecular weight is 305 g/mol. The first-order valence-electron chi connectivity index (χ1n) is 7.16. The van der Waals surface area contributed by atoms with Crippen LogP contribution in [0.15, 0.2) is 18.2 Å². The van der Waals surface area contributed by atoms with E-state index in [0.717, 1.165) is 40.2 Å². The van der Waals surface area contributed by atoms with Crippen molar-refractivity contribution < 1.29 is 9.47 Å². The van der Waals surface area contributed by atoms with Crippen LogP contribution in [0.5, 0.6) is 11.5 Å². The first kappa shape index (κ1) is 14.3. The monoisotopic (exact) mass is 305 g/mol. The molecular formula is C15H19N3O2S. The van der Waals surface area contributed by atoms with E-state index in [9.17, 15) is 0 Å². The number of nitrogens with zero attached hydrogens (tertiary/aromatic N) is 2. The minimum Gasteiger partial charge on any atom is -0.486 e. The summed E-state index contributed by atoms with van der Waals surface area (Å²) in [6.45, 7) is 7.27. The molecule has 1 aliphatic rings. The Bertz CT molecular complexity index is 613. The van der Waals surface area contributed by atoms with E-state index in [0.29, 0.717) is 19.1 Å². The number of ether oxygens (including phenoxy) is 2. The molecule has 0 fully saturated rings. The Hall–Kier alpha value is -1.66. The Morgan fingerprint density at radius 3 is 2.95 bits per heavy atom. The summed E-state index contributed by atoms with van der Waals surface area (Å²) in [4.78, 5) is 0. The molecule has 21 heavy (non-hydrogen) atoms. The summed E-state index contributed by atoms with van der Waals surface area (Å²) in [6, 6.07) is 5.88. The molecule has 0 atom stereocenters. The van der Waals surface area contributed by atoms with Crippen molar-refractivity contribution in [1.29, 1.82) is 0 Å². The molecule has 0 aliphatic carbocycles. The van der Waals surface area contributed by atoms with Gasteiger partial charge >= 0.3 is 0 Å². The number of aromatic nitrogens is 2. The van der Waals surface area contributed by atoms with Crippen LogP contribution in [0, 0.1) is 5.92 Å². The van der Waals surface area contributed by atoms with E-state index in [4.69, 9.17) is 9.47 Å². The predicted molar refractivity (Wildman–Crippen MR) is 82.9 cm³/mol. The van der Waals surface area contributed by atoms with Crippen LogP contribution in [-0.4, -0.2) is 30.0 Å². The van der Waals surface area contributed by atoms with Crippen molar-refractivity contribution in [2.45, 2.75) is 20.4 Å². The quantitative estimate of drug-likeness (QED) is 0.920. The highest BCUT2D eigenvalue weighted by atomic mass is 32.1. The van der Waals surface area contributed by atoms with Crippen LogP contribution >= 0.6 is 11.3 Å². The molecule has 1 aromatic carbocycles. The molecule has 5 nitrogen and oxygen atoms in total. The summed E-state index contributed by atoms with van der Waals surface area (Å²) >= 11 is 1.59. The van der Waals surface area contributed by atoms with Crippen molar-refractivity contribution in [1.82, 2.24) is 15.5 Å². The van der Waals surface area contributed by atoms with E-state index in [1.165, 1.54) is 0 Å². The SMILES string of the molecule is CC(C)CNCc1nnc(-c2cccc3c2OCCO3)s1. The van der Waals surface area contributed by atoms with Gasteiger partial charge in [0.05, 0.1) is 5.56 Å². The van der Waals surface area contributed by atoms with Gasteiger partial charge in [0.2, 0.25) is 0 Å². The first-order chi connectivity index (χ1) is 10.2. The Balaban J connectivity index is 1.77. The first-order valence-corrected chi connectivity index (χ1v) is 7.98. The zero-order chi connectivity index (χ0) is 14.7. The maximum atomic E-state index is 5.73. The molecule has 0 saturated heterocycles. The summed E-state index contributed by atoms with van der Waals surface area (Å²) in [5.74, 6) is 2.19. The molecule has 0 amide bonds. The fourth-order valence-corrected chi connectivity index (χ4v) is 2.98. The minimum absolute atomic E-state index is 0.575. The van der Waals surface area contributed by atoms with Gasteiger partial charge in [-0.1, -0.05) is 31.3 Å². The highest BCUT2D eigenvalue weighted by Gasteiger charge is 2.19. The number of para-hydroxylation sites is 1. The number of benzene rings is 1. The normalized spacial score (nSPS) is 13.7. The molecule has 6 heteroatoms. The molecule has 1 aliphatic heterocycles. The lowest BCUT2D eigenvalue weighted by Crippen LogP contribution is -2.18. The minimum atomic E-state index is 0.575. The summed E-state index contributed by atoms with van der Waals surface area (Å²) < 4.78 is 11.3. The van der Waals surface area contributed by atoms with Crippen LogP contribution in [0.2, 0.25) is 0 Å². The van der Waals surface area contributed by atoms with Crippen molar-refractivity contribution in [2.24, 2.45) is 5.92 Å². The second-order valence-electron chi connectivity index (χ2n) is 5.36. The lowest BCUT2D eigenvalue weighted by Gasteiger charge is -2.19. The molecule has 3 rings (SSSR count). The molecule has 0 bridgehead atoms. The molecule has 2 heterocycles. The van der Waals surface area contributed by atoms with Crippen molar-refractivity contribution >= 4 is 11.3 Å². The van der Waals surface area contributed by atoms with Crippen LogP contribution in [0.1, 0.15) is 18.9 Å². The molecule has 2 aromatic rings. The Morgan fingerprint density at radius 1 is 1.24 bits per heavy atom. The standard InChI is InChI=1S/C15H19N3O2S/c1-10(2)8-16-9-13-17-18-15(21-13)11-4-3-5-12-14(11)20-7-6-19-12/h3-5,10,16H,6-9H2,1-2H3. The van der Waals surface area contributed by atoms with E-state index < -0.39 is 0 Å². The van der Waals surface area contributed by atoms with Gasteiger partial charge in [-0.2, -0.15) is 0 Å². The number of hydrogen-bond acceptors (Lipinski definition) is 6. The Labute approximate surface area is 128 Å².